The van der Waals surface area contributed by atoms with Gasteiger partial charge in [-0.15, -0.1) is 0 Å². The van der Waals surface area contributed by atoms with Crippen LogP contribution in [0.3, 0.4) is 0 Å². The van der Waals surface area contributed by atoms with Gasteiger partial charge in [-0.2, -0.15) is 0 Å². The molecule has 0 aliphatic heterocycles. The lowest BCUT2D eigenvalue weighted by molar-refractivity contribution is 0.318. The van der Waals surface area contributed by atoms with Crippen LogP contribution in [0, 0.1) is 11.8 Å². The molecule has 4 nitrogen and oxygen atoms in total. The van der Waals surface area contributed by atoms with Crippen molar-refractivity contribution in [2.24, 2.45) is 22.7 Å². The third-order valence-corrected chi connectivity index (χ3v) is 3.35. The number of rotatable bonds is 6. The number of oxime groups is 1. The summed E-state index contributed by atoms with van der Waals surface area (Å²) in [4.78, 5) is 2.30. The molecular formula is C15H24BrN3O. The summed E-state index contributed by atoms with van der Waals surface area (Å²) in [5.74, 6) is 1.21. The van der Waals surface area contributed by atoms with Crippen molar-refractivity contribution >= 4 is 27.5 Å². The van der Waals surface area contributed by atoms with E-state index in [1.807, 2.05) is 18.2 Å². The number of nitrogens with zero attached hydrogens (tertiary/aromatic N) is 2. The van der Waals surface area contributed by atoms with E-state index in [1.165, 1.54) is 0 Å². The van der Waals surface area contributed by atoms with Crippen molar-refractivity contribution in [2.45, 2.75) is 27.7 Å². The predicted octanol–water partition coefficient (Wildman–Crippen LogP) is 3.66. The van der Waals surface area contributed by atoms with Gasteiger partial charge in [0.25, 0.3) is 0 Å². The molecule has 0 amide bonds. The van der Waals surface area contributed by atoms with Crippen molar-refractivity contribution in [1.82, 2.24) is 0 Å². The number of benzene rings is 1. The summed E-state index contributed by atoms with van der Waals surface area (Å²) in [5, 5.41) is 12.1. The van der Waals surface area contributed by atoms with Gasteiger partial charge < -0.3 is 15.8 Å². The minimum atomic E-state index is 0.144. The molecule has 0 atom stereocenters. The zero-order valence-corrected chi connectivity index (χ0v) is 14.2. The molecule has 0 saturated heterocycles. The highest BCUT2D eigenvalue weighted by Crippen LogP contribution is 2.27. The van der Waals surface area contributed by atoms with Crippen LogP contribution < -0.4 is 10.6 Å². The topological polar surface area (TPSA) is 61.8 Å². The van der Waals surface area contributed by atoms with E-state index in [2.05, 4.69) is 53.7 Å². The molecule has 5 heteroatoms. The van der Waals surface area contributed by atoms with E-state index in [0.717, 1.165) is 28.8 Å². The van der Waals surface area contributed by atoms with E-state index in [4.69, 9.17) is 10.9 Å². The van der Waals surface area contributed by atoms with Gasteiger partial charge in [0.05, 0.1) is 0 Å². The predicted molar refractivity (Wildman–Crippen MR) is 88.5 cm³/mol. The maximum atomic E-state index is 8.96. The maximum Gasteiger partial charge on any atom is 0.172 e. The summed E-state index contributed by atoms with van der Waals surface area (Å²) >= 11 is 3.50. The summed E-state index contributed by atoms with van der Waals surface area (Å²) in [5.41, 5.74) is 7.56. The highest BCUT2D eigenvalue weighted by atomic mass is 79.9. The van der Waals surface area contributed by atoms with Gasteiger partial charge in [0.2, 0.25) is 0 Å². The molecule has 0 radical (unpaired) electrons. The van der Waals surface area contributed by atoms with Crippen molar-refractivity contribution in [3.05, 3.63) is 28.2 Å². The second-order valence-corrected chi connectivity index (χ2v) is 6.76. The van der Waals surface area contributed by atoms with E-state index in [1.54, 1.807) is 0 Å². The van der Waals surface area contributed by atoms with Gasteiger partial charge in [-0.3, -0.25) is 0 Å². The number of hydrogen-bond donors (Lipinski definition) is 2. The molecule has 0 unspecified atom stereocenters. The average Bonchev–Trinajstić information content (AvgIpc) is 2.36. The third kappa shape index (κ3) is 4.71. The molecule has 112 valence electrons. The van der Waals surface area contributed by atoms with Crippen LogP contribution in [-0.4, -0.2) is 24.1 Å². The lowest BCUT2D eigenvalue weighted by Crippen LogP contribution is -2.33. The second kappa shape index (κ2) is 7.53. The summed E-state index contributed by atoms with van der Waals surface area (Å²) in [6, 6.07) is 5.81. The van der Waals surface area contributed by atoms with Gasteiger partial charge >= 0.3 is 0 Å². The van der Waals surface area contributed by atoms with Crippen LogP contribution >= 0.6 is 15.9 Å². The standard InChI is InChI=1S/C15H24BrN3O/c1-10(2)8-19(9-11(3)4)14-7-12(16)5-6-13(14)15(17)18-20/h5-7,10-11,20H,8-9H2,1-4H3,(H2,17,18). The van der Waals surface area contributed by atoms with Crippen molar-refractivity contribution < 1.29 is 5.21 Å². The molecule has 0 spiro atoms. The van der Waals surface area contributed by atoms with E-state index in [0.29, 0.717) is 11.8 Å². The highest BCUT2D eigenvalue weighted by molar-refractivity contribution is 9.10. The van der Waals surface area contributed by atoms with Crippen molar-refractivity contribution in [3.63, 3.8) is 0 Å². The Morgan fingerprint density at radius 3 is 2.25 bits per heavy atom. The fourth-order valence-electron chi connectivity index (χ4n) is 2.19. The maximum absolute atomic E-state index is 8.96. The first-order valence-corrected chi connectivity index (χ1v) is 7.66. The SMILES string of the molecule is CC(C)CN(CC(C)C)c1cc(Br)ccc1/C(N)=N/O. The normalized spacial score (nSPS) is 12.2. The number of nitrogens with two attached hydrogens (primary N) is 1. The Kier molecular flexibility index (Phi) is 6.33. The van der Waals surface area contributed by atoms with E-state index >= 15 is 0 Å². The van der Waals surface area contributed by atoms with Gasteiger partial charge in [-0.1, -0.05) is 48.8 Å². The van der Waals surface area contributed by atoms with Gasteiger partial charge in [0.1, 0.15) is 0 Å². The Morgan fingerprint density at radius 1 is 1.25 bits per heavy atom. The minimum Gasteiger partial charge on any atom is -0.409 e. The Morgan fingerprint density at radius 2 is 1.80 bits per heavy atom. The number of amidine groups is 1. The molecule has 0 aliphatic rings. The molecule has 0 bridgehead atoms. The molecule has 0 fully saturated rings. The molecular weight excluding hydrogens is 318 g/mol. The fourth-order valence-corrected chi connectivity index (χ4v) is 2.54. The largest absolute Gasteiger partial charge is 0.409 e. The third-order valence-electron chi connectivity index (χ3n) is 2.86. The molecule has 1 aromatic rings. The minimum absolute atomic E-state index is 0.144. The second-order valence-electron chi connectivity index (χ2n) is 5.84. The van der Waals surface area contributed by atoms with Gasteiger partial charge in [-0.25, -0.2) is 0 Å². The van der Waals surface area contributed by atoms with E-state index in [-0.39, 0.29) is 5.84 Å². The van der Waals surface area contributed by atoms with Crippen molar-refractivity contribution in [2.75, 3.05) is 18.0 Å². The van der Waals surface area contributed by atoms with E-state index < -0.39 is 0 Å². The zero-order valence-electron chi connectivity index (χ0n) is 12.6. The number of halogens is 1. The first kappa shape index (κ1) is 16.8. The Labute approximate surface area is 129 Å². The molecule has 0 aromatic heterocycles. The number of hydrogen-bond acceptors (Lipinski definition) is 3. The van der Waals surface area contributed by atoms with Crippen LogP contribution in [0.25, 0.3) is 0 Å². The highest BCUT2D eigenvalue weighted by Gasteiger charge is 2.16. The summed E-state index contributed by atoms with van der Waals surface area (Å²) in [6.07, 6.45) is 0. The number of anilines is 1. The van der Waals surface area contributed by atoms with Crippen LogP contribution in [0.15, 0.2) is 27.8 Å². The molecule has 0 saturated carbocycles. The molecule has 1 aromatic carbocycles. The zero-order chi connectivity index (χ0) is 15.3. The molecule has 20 heavy (non-hydrogen) atoms. The Hall–Kier alpha value is -1.23. The van der Waals surface area contributed by atoms with Gasteiger partial charge in [0, 0.05) is 28.8 Å². The summed E-state index contributed by atoms with van der Waals surface area (Å²) < 4.78 is 0.986. The summed E-state index contributed by atoms with van der Waals surface area (Å²) in [6.45, 7) is 10.6. The molecule has 3 N–H and O–H groups in total. The molecule has 0 aliphatic carbocycles. The Balaban J connectivity index is 3.25. The van der Waals surface area contributed by atoms with E-state index in [9.17, 15) is 0 Å². The Bertz CT molecular complexity index is 462. The van der Waals surface area contributed by atoms with Crippen LogP contribution in [-0.2, 0) is 0 Å². The fraction of sp³-hybridized carbons (Fsp3) is 0.533. The lowest BCUT2D eigenvalue weighted by Gasteiger charge is -2.30. The molecule has 0 heterocycles. The van der Waals surface area contributed by atoms with Crippen LogP contribution in [0.1, 0.15) is 33.3 Å². The average molecular weight is 342 g/mol. The monoisotopic (exact) mass is 341 g/mol. The molecule has 1 rings (SSSR count). The van der Waals surface area contributed by atoms with Crippen molar-refractivity contribution in [3.8, 4) is 0 Å². The smallest absolute Gasteiger partial charge is 0.172 e. The van der Waals surface area contributed by atoms with Gasteiger partial charge in [0.15, 0.2) is 5.84 Å². The first-order chi connectivity index (χ1) is 9.35. The quantitative estimate of drug-likeness (QED) is 0.359. The van der Waals surface area contributed by atoms with Crippen LogP contribution in [0.5, 0.6) is 0 Å². The van der Waals surface area contributed by atoms with Gasteiger partial charge in [-0.05, 0) is 30.0 Å². The van der Waals surface area contributed by atoms with Crippen LogP contribution in [0.4, 0.5) is 5.69 Å². The van der Waals surface area contributed by atoms with Crippen LogP contribution in [0.2, 0.25) is 0 Å². The first-order valence-electron chi connectivity index (χ1n) is 6.87. The van der Waals surface area contributed by atoms with Crippen molar-refractivity contribution in [1.29, 1.82) is 0 Å². The summed E-state index contributed by atoms with van der Waals surface area (Å²) in [7, 11) is 0. The lowest BCUT2D eigenvalue weighted by atomic mass is 10.1.